The number of rotatable bonds is 4. The van der Waals surface area contributed by atoms with Crippen LogP contribution in [0, 0.1) is 6.92 Å². The average molecular weight is 293 g/mol. The average Bonchev–Trinajstić information content (AvgIpc) is 2.47. The van der Waals surface area contributed by atoms with Crippen LogP contribution in [0.2, 0.25) is 5.02 Å². The van der Waals surface area contributed by atoms with E-state index in [1.54, 1.807) is 19.2 Å². The van der Waals surface area contributed by atoms with Gasteiger partial charge >= 0.3 is 0 Å². The van der Waals surface area contributed by atoms with Gasteiger partial charge in [0.05, 0.1) is 12.7 Å². The zero-order valence-corrected chi connectivity index (χ0v) is 12.5. The van der Waals surface area contributed by atoms with Gasteiger partial charge in [-0.15, -0.1) is 0 Å². The van der Waals surface area contributed by atoms with Crippen LogP contribution in [-0.4, -0.2) is 17.1 Å². The topological polar surface area (TPSA) is 73.1 Å². The number of aryl methyl sites for hydroxylation is 1. The normalized spacial score (nSPS) is 10.4. The molecule has 0 aliphatic rings. The number of hydrazine groups is 1. The first kappa shape index (κ1) is 14.6. The Labute approximate surface area is 123 Å². The number of nitrogen functional groups attached to an aromatic ring is 1. The highest BCUT2D eigenvalue weighted by molar-refractivity contribution is 6.30. The molecule has 1 aromatic carbocycles. The predicted molar refractivity (Wildman–Crippen MR) is 81.0 cm³/mol. The number of nitrogens with zero attached hydrogens (tertiary/aromatic N) is 2. The summed E-state index contributed by atoms with van der Waals surface area (Å²) >= 11 is 5.97. The lowest BCUT2D eigenvalue weighted by molar-refractivity contribution is 0.416. The second kappa shape index (κ2) is 6.07. The van der Waals surface area contributed by atoms with E-state index in [2.05, 4.69) is 15.4 Å². The predicted octanol–water partition coefficient (Wildman–Crippen LogP) is 2.96. The van der Waals surface area contributed by atoms with E-state index >= 15 is 0 Å². The molecule has 20 heavy (non-hydrogen) atoms. The lowest BCUT2D eigenvalue weighted by Crippen LogP contribution is -2.13. The first-order chi connectivity index (χ1) is 9.60. The van der Waals surface area contributed by atoms with Crippen LogP contribution in [0.4, 0.5) is 5.82 Å². The monoisotopic (exact) mass is 292 g/mol. The summed E-state index contributed by atoms with van der Waals surface area (Å²) in [5, 5.41) is 0.602. The van der Waals surface area contributed by atoms with Gasteiger partial charge in [0.1, 0.15) is 11.6 Å². The van der Waals surface area contributed by atoms with Gasteiger partial charge in [-0.1, -0.05) is 18.5 Å². The van der Waals surface area contributed by atoms with E-state index in [-0.39, 0.29) is 0 Å². The third-order valence-corrected chi connectivity index (χ3v) is 3.36. The van der Waals surface area contributed by atoms with Crippen molar-refractivity contribution in [2.45, 2.75) is 20.3 Å². The van der Waals surface area contributed by atoms with Crippen molar-refractivity contribution in [3.05, 3.63) is 34.5 Å². The summed E-state index contributed by atoms with van der Waals surface area (Å²) in [6, 6.07) is 5.36. The highest BCUT2D eigenvalue weighted by Crippen LogP contribution is 2.31. The van der Waals surface area contributed by atoms with Crippen LogP contribution in [0.3, 0.4) is 0 Å². The Balaban J connectivity index is 2.63. The molecule has 3 N–H and O–H groups in total. The lowest BCUT2D eigenvalue weighted by atomic mass is 10.1. The minimum atomic E-state index is 0.564. The molecule has 5 nitrogen and oxygen atoms in total. The first-order valence-electron chi connectivity index (χ1n) is 6.28. The lowest BCUT2D eigenvalue weighted by Gasteiger charge is -2.13. The van der Waals surface area contributed by atoms with Crippen LogP contribution >= 0.6 is 11.6 Å². The van der Waals surface area contributed by atoms with Crippen molar-refractivity contribution >= 4 is 17.4 Å². The van der Waals surface area contributed by atoms with Gasteiger partial charge in [0, 0.05) is 16.3 Å². The number of anilines is 1. The molecule has 2 aromatic rings. The SMILES string of the molecule is CCc1nc(-c2ccc(Cl)cc2OC)nc(NN)c1C. The first-order valence-corrected chi connectivity index (χ1v) is 6.66. The molecule has 0 spiro atoms. The van der Waals surface area contributed by atoms with Crippen LogP contribution in [0.15, 0.2) is 18.2 Å². The fourth-order valence-electron chi connectivity index (χ4n) is 2.02. The van der Waals surface area contributed by atoms with E-state index in [1.165, 1.54) is 0 Å². The molecule has 0 atom stereocenters. The Bertz CT molecular complexity index is 606. The van der Waals surface area contributed by atoms with Crippen molar-refractivity contribution in [1.29, 1.82) is 0 Å². The van der Waals surface area contributed by atoms with Crippen LogP contribution < -0.4 is 16.0 Å². The molecular formula is C14H17ClN4O. The summed E-state index contributed by atoms with van der Waals surface area (Å²) < 4.78 is 5.34. The van der Waals surface area contributed by atoms with Crippen LogP contribution in [0.25, 0.3) is 11.4 Å². The Morgan fingerprint density at radius 1 is 1.35 bits per heavy atom. The summed E-state index contributed by atoms with van der Waals surface area (Å²) in [6.45, 7) is 3.98. The standard InChI is InChI=1S/C14H17ClN4O/c1-4-11-8(2)13(19-16)18-14(17-11)10-6-5-9(15)7-12(10)20-3/h5-7H,4,16H2,1-3H3,(H,17,18,19). The maximum atomic E-state index is 5.97. The summed E-state index contributed by atoms with van der Waals surface area (Å²) in [5.74, 6) is 7.33. The van der Waals surface area contributed by atoms with E-state index in [0.29, 0.717) is 22.4 Å². The molecule has 0 fully saturated rings. The molecule has 0 amide bonds. The van der Waals surface area contributed by atoms with E-state index < -0.39 is 0 Å². The molecule has 1 heterocycles. The maximum Gasteiger partial charge on any atom is 0.165 e. The third-order valence-electron chi connectivity index (χ3n) is 3.12. The van der Waals surface area contributed by atoms with Crippen LogP contribution in [-0.2, 0) is 6.42 Å². The minimum Gasteiger partial charge on any atom is -0.496 e. The smallest absolute Gasteiger partial charge is 0.165 e. The van der Waals surface area contributed by atoms with E-state index in [1.807, 2.05) is 19.9 Å². The second-order valence-electron chi connectivity index (χ2n) is 4.31. The van der Waals surface area contributed by atoms with Crippen molar-refractivity contribution in [3.63, 3.8) is 0 Å². The Hall–Kier alpha value is -1.85. The molecule has 0 radical (unpaired) electrons. The molecule has 0 saturated heterocycles. The quantitative estimate of drug-likeness (QED) is 0.669. The summed E-state index contributed by atoms with van der Waals surface area (Å²) in [4.78, 5) is 9.02. The number of hydrogen-bond donors (Lipinski definition) is 2. The Kier molecular flexibility index (Phi) is 4.42. The fourth-order valence-corrected chi connectivity index (χ4v) is 2.18. The fraction of sp³-hybridized carbons (Fsp3) is 0.286. The van der Waals surface area contributed by atoms with Crippen molar-refractivity contribution in [1.82, 2.24) is 9.97 Å². The molecular weight excluding hydrogens is 276 g/mol. The molecule has 0 bridgehead atoms. The molecule has 0 aliphatic heterocycles. The van der Waals surface area contributed by atoms with Crippen molar-refractivity contribution in [2.24, 2.45) is 5.84 Å². The molecule has 0 aliphatic carbocycles. The molecule has 0 saturated carbocycles. The number of nitrogens with two attached hydrogens (primary N) is 1. The van der Waals surface area contributed by atoms with Crippen molar-refractivity contribution in [3.8, 4) is 17.1 Å². The second-order valence-corrected chi connectivity index (χ2v) is 4.75. The number of nitrogens with one attached hydrogen (secondary N) is 1. The van der Waals surface area contributed by atoms with Gasteiger partial charge in [-0.3, -0.25) is 0 Å². The van der Waals surface area contributed by atoms with Crippen molar-refractivity contribution < 1.29 is 4.74 Å². The number of halogens is 1. The zero-order valence-electron chi connectivity index (χ0n) is 11.7. The van der Waals surface area contributed by atoms with Crippen molar-refractivity contribution in [2.75, 3.05) is 12.5 Å². The molecule has 6 heteroatoms. The van der Waals surface area contributed by atoms with Gasteiger partial charge in [-0.2, -0.15) is 0 Å². The van der Waals surface area contributed by atoms with Gasteiger partial charge in [0.15, 0.2) is 5.82 Å². The minimum absolute atomic E-state index is 0.564. The Morgan fingerprint density at radius 2 is 2.10 bits per heavy atom. The van der Waals surface area contributed by atoms with Gasteiger partial charge in [-0.25, -0.2) is 15.8 Å². The van der Waals surface area contributed by atoms with Gasteiger partial charge < -0.3 is 10.2 Å². The van der Waals surface area contributed by atoms with E-state index in [4.69, 9.17) is 22.2 Å². The highest BCUT2D eigenvalue weighted by atomic mass is 35.5. The van der Waals surface area contributed by atoms with Crippen LogP contribution in [0.1, 0.15) is 18.2 Å². The van der Waals surface area contributed by atoms with Gasteiger partial charge in [-0.05, 0) is 31.5 Å². The Morgan fingerprint density at radius 3 is 2.70 bits per heavy atom. The van der Waals surface area contributed by atoms with Gasteiger partial charge in [0.25, 0.3) is 0 Å². The molecule has 1 aromatic heterocycles. The molecule has 2 rings (SSSR count). The third kappa shape index (κ3) is 2.69. The van der Waals surface area contributed by atoms with Crippen LogP contribution in [0.5, 0.6) is 5.75 Å². The molecule has 0 unspecified atom stereocenters. The van der Waals surface area contributed by atoms with Gasteiger partial charge in [0.2, 0.25) is 0 Å². The summed E-state index contributed by atoms with van der Waals surface area (Å²) in [5.41, 5.74) is 5.29. The summed E-state index contributed by atoms with van der Waals surface area (Å²) in [6.07, 6.45) is 0.798. The zero-order chi connectivity index (χ0) is 14.7. The highest BCUT2D eigenvalue weighted by Gasteiger charge is 2.14. The number of aromatic nitrogens is 2. The van der Waals surface area contributed by atoms with E-state index in [0.717, 1.165) is 23.2 Å². The number of methoxy groups -OCH3 is 1. The molecule has 106 valence electrons. The number of ether oxygens (including phenoxy) is 1. The van der Waals surface area contributed by atoms with E-state index in [9.17, 15) is 0 Å². The largest absolute Gasteiger partial charge is 0.496 e. The summed E-state index contributed by atoms with van der Waals surface area (Å²) in [7, 11) is 1.59. The number of benzene rings is 1. The maximum absolute atomic E-state index is 5.97. The number of hydrogen-bond acceptors (Lipinski definition) is 5.